The molecule has 0 radical (unpaired) electrons. The summed E-state index contributed by atoms with van der Waals surface area (Å²) in [5.74, 6) is 0.636. The van der Waals surface area contributed by atoms with Crippen molar-refractivity contribution in [1.82, 2.24) is 10.2 Å². The number of piperidine rings is 1. The molecule has 7 nitrogen and oxygen atoms in total. The van der Waals surface area contributed by atoms with Crippen molar-refractivity contribution in [2.45, 2.75) is 59.1 Å². The fourth-order valence-corrected chi connectivity index (χ4v) is 4.03. The summed E-state index contributed by atoms with van der Waals surface area (Å²) >= 11 is 0. The van der Waals surface area contributed by atoms with E-state index in [0.29, 0.717) is 16.9 Å². The van der Waals surface area contributed by atoms with E-state index < -0.39 is 11.7 Å². The van der Waals surface area contributed by atoms with E-state index in [0.717, 1.165) is 37.5 Å². The predicted molar refractivity (Wildman–Crippen MR) is 142 cm³/mol. The molecule has 0 aromatic heterocycles. The van der Waals surface area contributed by atoms with E-state index in [1.807, 2.05) is 24.3 Å². The van der Waals surface area contributed by atoms with Crippen LogP contribution in [0.5, 0.6) is 0 Å². The third-order valence-corrected chi connectivity index (χ3v) is 6.06. The zero-order chi connectivity index (χ0) is 25.3. The molecule has 1 heterocycles. The fraction of sp³-hybridized carbons (Fsp3) is 0.500. The smallest absolute Gasteiger partial charge is 0.412 e. The highest BCUT2D eigenvalue weighted by Crippen LogP contribution is 2.23. The van der Waals surface area contributed by atoms with Gasteiger partial charge in [0.1, 0.15) is 5.60 Å². The molecule has 2 aromatic rings. The number of carbonyl (C=O) groups excluding carboxylic acids is 2. The summed E-state index contributed by atoms with van der Waals surface area (Å²) in [6.07, 6.45) is 3.21. The summed E-state index contributed by atoms with van der Waals surface area (Å²) in [7, 11) is 0. The normalized spacial score (nSPS) is 15.0. The van der Waals surface area contributed by atoms with E-state index in [1.54, 1.807) is 45.0 Å². The van der Waals surface area contributed by atoms with Crippen molar-refractivity contribution >= 4 is 23.4 Å². The Morgan fingerprint density at radius 1 is 0.971 bits per heavy atom. The van der Waals surface area contributed by atoms with Crippen molar-refractivity contribution in [3.8, 4) is 0 Å². The van der Waals surface area contributed by atoms with E-state index in [-0.39, 0.29) is 5.91 Å². The van der Waals surface area contributed by atoms with Crippen LogP contribution in [0.25, 0.3) is 0 Å². The van der Waals surface area contributed by atoms with E-state index in [2.05, 4.69) is 27.8 Å². The monoisotopic (exact) mass is 480 g/mol. The minimum Gasteiger partial charge on any atom is -0.444 e. The molecule has 0 saturated carbocycles. The van der Waals surface area contributed by atoms with Crippen LogP contribution < -0.4 is 16.0 Å². The Kier molecular flexibility index (Phi) is 9.69. The Morgan fingerprint density at radius 3 is 2.23 bits per heavy atom. The average Bonchev–Trinajstić information content (AvgIpc) is 2.80. The van der Waals surface area contributed by atoms with Gasteiger partial charge in [-0.25, -0.2) is 4.79 Å². The molecular formula is C28H40N4O3. The van der Waals surface area contributed by atoms with Crippen molar-refractivity contribution in [3.63, 3.8) is 0 Å². The number of rotatable bonds is 9. The van der Waals surface area contributed by atoms with Gasteiger partial charge in [0.2, 0.25) is 0 Å². The van der Waals surface area contributed by atoms with E-state index in [1.165, 1.54) is 25.9 Å². The van der Waals surface area contributed by atoms with Gasteiger partial charge in [0.25, 0.3) is 5.91 Å². The minimum absolute atomic E-state index is 0.237. The van der Waals surface area contributed by atoms with Gasteiger partial charge in [0.15, 0.2) is 0 Å². The summed E-state index contributed by atoms with van der Waals surface area (Å²) in [6.45, 7) is 13.1. The summed E-state index contributed by atoms with van der Waals surface area (Å²) in [5.41, 5.74) is 2.08. The lowest BCUT2D eigenvalue weighted by atomic mass is 9.99. The zero-order valence-corrected chi connectivity index (χ0v) is 21.5. The molecule has 2 amide bonds. The van der Waals surface area contributed by atoms with Crippen molar-refractivity contribution in [1.29, 1.82) is 0 Å². The molecule has 0 atom stereocenters. The number of amides is 2. The number of anilines is 2. The van der Waals surface area contributed by atoms with Crippen LogP contribution in [0.1, 0.15) is 62.9 Å². The van der Waals surface area contributed by atoms with E-state index in [4.69, 9.17) is 4.74 Å². The first-order chi connectivity index (χ1) is 16.7. The van der Waals surface area contributed by atoms with Crippen LogP contribution in [0, 0.1) is 5.92 Å². The molecule has 0 bridgehead atoms. The highest BCUT2D eigenvalue weighted by atomic mass is 16.6. The highest BCUT2D eigenvalue weighted by molar-refractivity contribution is 6.06. The van der Waals surface area contributed by atoms with Gasteiger partial charge in [0.05, 0.1) is 11.4 Å². The number of carbonyl (C=O) groups is 2. The molecule has 1 saturated heterocycles. The van der Waals surface area contributed by atoms with Crippen molar-refractivity contribution < 1.29 is 14.3 Å². The van der Waals surface area contributed by atoms with Crippen LogP contribution in [0.3, 0.4) is 0 Å². The number of likely N-dealkylation sites (tertiary alicyclic amines) is 1. The Balaban J connectivity index is 1.44. The molecular weight excluding hydrogens is 440 g/mol. The Labute approximate surface area is 209 Å². The summed E-state index contributed by atoms with van der Waals surface area (Å²) in [4.78, 5) is 27.5. The van der Waals surface area contributed by atoms with Crippen LogP contribution in [-0.4, -0.2) is 48.7 Å². The predicted octanol–water partition coefficient (Wildman–Crippen LogP) is 5.50. The minimum atomic E-state index is -0.606. The second-order valence-corrected chi connectivity index (χ2v) is 10.4. The van der Waals surface area contributed by atoms with Crippen molar-refractivity contribution in [2.75, 3.05) is 36.8 Å². The molecule has 0 spiro atoms. The molecule has 1 fully saturated rings. The van der Waals surface area contributed by atoms with Crippen LogP contribution in [0.2, 0.25) is 0 Å². The zero-order valence-electron chi connectivity index (χ0n) is 21.5. The SMILES string of the molecule is CC1CCN(CCCNCc2ccc(C(=O)Nc3ccccc3NC(=O)OC(C)(C)C)cc2)CC1. The number of hydrogen-bond acceptors (Lipinski definition) is 5. The lowest BCUT2D eigenvalue weighted by molar-refractivity contribution is 0.0635. The first-order valence-corrected chi connectivity index (χ1v) is 12.6. The van der Waals surface area contributed by atoms with E-state index in [9.17, 15) is 9.59 Å². The molecule has 3 rings (SSSR count). The first-order valence-electron chi connectivity index (χ1n) is 12.6. The van der Waals surface area contributed by atoms with Crippen LogP contribution in [-0.2, 0) is 11.3 Å². The maximum absolute atomic E-state index is 12.8. The largest absolute Gasteiger partial charge is 0.444 e. The molecule has 2 aromatic carbocycles. The topological polar surface area (TPSA) is 82.7 Å². The third kappa shape index (κ3) is 9.34. The van der Waals surface area contributed by atoms with Gasteiger partial charge in [-0.1, -0.05) is 31.2 Å². The van der Waals surface area contributed by atoms with Gasteiger partial charge in [-0.2, -0.15) is 0 Å². The molecule has 7 heteroatoms. The van der Waals surface area contributed by atoms with Crippen LogP contribution in [0.4, 0.5) is 16.2 Å². The maximum atomic E-state index is 12.8. The number of benzene rings is 2. The van der Waals surface area contributed by atoms with E-state index >= 15 is 0 Å². The van der Waals surface area contributed by atoms with Crippen molar-refractivity contribution in [2.24, 2.45) is 5.92 Å². The van der Waals surface area contributed by atoms with Gasteiger partial charge in [0, 0.05) is 12.1 Å². The molecule has 190 valence electrons. The number of nitrogens with one attached hydrogen (secondary N) is 3. The second-order valence-electron chi connectivity index (χ2n) is 10.4. The lowest BCUT2D eigenvalue weighted by Gasteiger charge is -2.30. The number of nitrogens with zero attached hydrogens (tertiary/aromatic N) is 1. The first kappa shape index (κ1) is 26.7. The van der Waals surface area contributed by atoms with Gasteiger partial charge in [-0.05, 0) is 102 Å². The number of hydrogen-bond donors (Lipinski definition) is 3. The quantitative estimate of drug-likeness (QED) is 0.413. The van der Waals surface area contributed by atoms with Gasteiger partial charge < -0.3 is 20.3 Å². The third-order valence-electron chi connectivity index (χ3n) is 6.06. The molecule has 0 aliphatic carbocycles. The van der Waals surface area contributed by atoms with Crippen LogP contribution >= 0.6 is 0 Å². The molecule has 35 heavy (non-hydrogen) atoms. The standard InChI is InChI=1S/C28H40N4O3/c1-21-14-18-32(19-15-21)17-7-16-29-20-22-10-12-23(13-11-22)26(33)30-24-8-5-6-9-25(24)31-27(34)35-28(2,3)4/h5-6,8-13,21,29H,7,14-20H2,1-4H3,(H,30,33)(H,31,34). The highest BCUT2D eigenvalue weighted by Gasteiger charge is 2.18. The maximum Gasteiger partial charge on any atom is 0.412 e. The second kappa shape index (κ2) is 12.7. The fourth-order valence-electron chi connectivity index (χ4n) is 4.03. The summed E-state index contributed by atoms with van der Waals surface area (Å²) in [6, 6.07) is 14.6. The number of ether oxygens (including phenoxy) is 1. The molecule has 3 N–H and O–H groups in total. The molecule has 1 aliphatic heterocycles. The molecule has 1 aliphatic rings. The van der Waals surface area contributed by atoms with Gasteiger partial charge in [-0.3, -0.25) is 10.1 Å². The molecule has 0 unspecified atom stereocenters. The summed E-state index contributed by atoms with van der Waals surface area (Å²) < 4.78 is 5.31. The Bertz CT molecular complexity index is 961. The Morgan fingerprint density at radius 2 is 1.60 bits per heavy atom. The average molecular weight is 481 g/mol. The van der Waals surface area contributed by atoms with Gasteiger partial charge in [-0.15, -0.1) is 0 Å². The number of para-hydroxylation sites is 2. The summed E-state index contributed by atoms with van der Waals surface area (Å²) in [5, 5.41) is 9.08. The lowest BCUT2D eigenvalue weighted by Crippen LogP contribution is -2.34. The Hall–Kier alpha value is -2.90. The van der Waals surface area contributed by atoms with Crippen LogP contribution in [0.15, 0.2) is 48.5 Å². The van der Waals surface area contributed by atoms with Crippen molar-refractivity contribution in [3.05, 3.63) is 59.7 Å². The van der Waals surface area contributed by atoms with Gasteiger partial charge >= 0.3 is 6.09 Å².